The van der Waals surface area contributed by atoms with Crippen molar-refractivity contribution in [3.63, 3.8) is 0 Å². The van der Waals surface area contributed by atoms with Crippen LogP contribution in [0.1, 0.15) is 0 Å². The first-order valence-electron chi connectivity index (χ1n) is 4.01. The largest absolute Gasteiger partial charge is 0.351 e. The summed E-state index contributed by atoms with van der Waals surface area (Å²) in [5, 5.41) is 0. The topological polar surface area (TPSA) is 41.7 Å². The molecule has 1 saturated heterocycles. The van der Waals surface area contributed by atoms with Crippen LogP contribution >= 0.6 is 0 Å². The molecule has 0 aromatic rings. The molecular weight excluding hydrogens is 142 g/mol. The van der Waals surface area contributed by atoms with Crippen LogP contribution in [0.4, 0.5) is 0 Å². The minimum Gasteiger partial charge on any atom is -0.351 e. The molecule has 0 amide bonds. The molecule has 1 rings (SSSR count). The summed E-state index contributed by atoms with van der Waals surface area (Å²) >= 11 is 0. The van der Waals surface area contributed by atoms with Gasteiger partial charge in [-0.15, -0.1) is 0 Å². The Hall–Kier alpha value is -0.160. The number of ether oxygens (including phenoxy) is 1. The lowest BCUT2D eigenvalue weighted by atomic mass is 10.3. The van der Waals surface area contributed by atoms with E-state index in [4.69, 9.17) is 10.5 Å². The maximum atomic E-state index is 5.21. The molecule has 0 bridgehead atoms. The molecule has 0 unspecified atom stereocenters. The van der Waals surface area contributed by atoms with Gasteiger partial charge in [0.15, 0.2) is 0 Å². The highest BCUT2D eigenvalue weighted by Crippen LogP contribution is 1.97. The second-order valence-corrected chi connectivity index (χ2v) is 2.92. The lowest BCUT2D eigenvalue weighted by Crippen LogP contribution is -2.45. The van der Waals surface area contributed by atoms with Crippen LogP contribution in [-0.4, -0.2) is 56.5 Å². The zero-order chi connectivity index (χ0) is 8.10. The second-order valence-electron chi connectivity index (χ2n) is 2.92. The van der Waals surface area contributed by atoms with Gasteiger partial charge in [-0.05, 0) is 7.05 Å². The van der Waals surface area contributed by atoms with Crippen LogP contribution < -0.4 is 5.73 Å². The van der Waals surface area contributed by atoms with E-state index in [9.17, 15) is 0 Å². The summed E-state index contributed by atoms with van der Waals surface area (Å²) in [4.78, 5) is 4.59. The summed E-state index contributed by atoms with van der Waals surface area (Å²) in [6.45, 7) is 5.46. The van der Waals surface area contributed by atoms with Crippen LogP contribution in [0.15, 0.2) is 0 Å². The van der Waals surface area contributed by atoms with Crippen LogP contribution in [0.3, 0.4) is 0 Å². The summed E-state index contributed by atoms with van der Waals surface area (Å²) in [5.41, 5.74) is 5.21. The first-order valence-corrected chi connectivity index (χ1v) is 4.01. The van der Waals surface area contributed by atoms with Gasteiger partial charge in [0.1, 0.15) is 6.73 Å². The molecule has 1 heterocycles. The molecule has 1 aliphatic rings. The summed E-state index contributed by atoms with van der Waals surface area (Å²) in [6, 6.07) is 0. The van der Waals surface area contributed by atoms with Gasteiger partial charge < -0.3 is 15.4 Å². The van der Waals surface area contributed by atoms with E-state index in [0.717, 1.165) is 26.2 Å². The Kier molecular flexibility index (Phi) is 3.79. The van der Waals surface area contributed by atoms with Gasteiger partial charge >= 0.3 is 0 Å². The molecule has 0 aliphatic carbocycles. The quantitative estimate of drug-likeness (QED) is 0.543. The molecule has 0 atom stereocenters. The number of hydrogen-bond acceptors (Lipinski definition) is 4. The monoisotopic (exact) mass is 159 g/mol. The molecule has 2 N–H and O–H groups in total. The standard InChI is InChI=1S/C7H17N3O/c1-9-2-4-10(5-3-9)7-11-6-8/h2-8H2,1H3. The summed E-state index contributed by atoms with van der Waals surface area (Å²) < 4.78 is 5.09. The lowest BCUT2D eigenvalue weighted by molar-refractivity contribution is 0.00899. The van der Waals surface area contributed by atoms with E-state index in [1.807, 2.05) is 0 Å². The molecule has 66 valence electrons. The molecule has 1 aliphatic heterocycles. The highest BCUT2D eigenvalue weighted by Gasteiger charge is 2.12. The molecule has 11 heavy (non-hydrogen) atoms. The molecular formula is C7H17N3O. The predicted molar refractivity (Wildman–Crippen MR) is 44.1 cm³/mol. The molecule has 4 nitrogen and oxygen atoms in total. The molecule has 0 spiro atoms. The zero-order valence-electron chi connectivity index (χ0n) is 7.12. The molecule has 1 fully saturated rings. The first-order chi connectivity index (χ1) is 5.33. The van der Waals surface area contributed by atoms with E-state index in [2.05, 4.69) is 16.8 Å². The number of nitrogens with two attached hydrogens (primary N) is 1. The third-order valence-corrected chi connectivity index (χ3v) is 1.99. The van der Waals surface area contributed by atoms with Crippen molar-refractivity contribution in [2.24, 2.45) is 5.73 Å². The van der Waals surface area contributed by atoms with E-state index in [1.165, 1.54) is 0 Å². The van der Waals surface area contributed by atoms with Crippen molar-refractivity contribution in [3.8, 4) is 0 Å². The van der Waals surface area contributed by atoms with Crippen molar-refractivity contribution in [1.82, 2.24) is 9.80 Å². The third kappa shape index (κ3) is 3.16. The molecule has 0 saturated carbocycles. The molecule has 4 heteroatoms. The predicted octanol–water partition coefficient (Wildman–Crippen LogP) is -0.876. The Balaban J connectivity index is 2.07. The van der Waals surface area contributed by atoms with Gasteiger partial charge in [-0.3, -0.25) is 4.90 Å². The Morgan fingerprint density at radius 3 is 2.45 bits per heavy atom. The number of rotatable bonds is 3. The van der Waals surface area contributed by atoms with E-state index in [-0.39, 0.29) is 0 Å². The van der Waals surface area contributed by atoms with Gasteiger partial charge in [0, 0.05) is 26.2 Å². The van der Waals surface area contributed by atoms with Crippen molar-refractivity contribution < 1.29 is 4.74 Å². The number of piperazine rings is 1. The fourth-order valence-corrected chi connectivity index (χ4v) is 1.16. The second kappa shape index (κ2) is 4.66. The fourth-order valence-electron chi connectivity index (χ4n) is 1.16. The van der Waals surface area contributed by atoms with Gasteiger partial charge in [0.05, 0.1) is 6.73 Å². The van der Waals surface area contributed by atoms with Crippen molar-refractivity contribution in [2.45, 2.75) is 0 Å². The highest BCUT2D eigenvalue weighted by atomic mass is 16.5. The Bertz CT molecular complexity index is 99.1. The lowest BCUT2D eigenvalue weighted by Gasteiger charge is -2.31. The number of nitrogens with zero attached hydrogens (tertiary/aromatic N) is 2. The Labute approximate surface area is 67.9 Å². The zero-order valence-corrected chi connectivity index (χ0v) is 7.12. The Morgan fingerprint density at radius 2 is 1.91 bits per heavy atom. The Morgan fingerprint density at radius 1 is 1.27 bits per heavy atom. The maximum Gasteiger partial charge on any atom is 0.101 e. The van der Waals surface area contributed by atoms with E-state index in [0.29, 0.717) is 13.5 Å². The van der Waals surface area contributed by atoms with Crippen molar-refractivity contribution >= 4 is 0 Å². The van der Waals surface area contributed by atoms with Gasteiger partial charge in [0.25, 0.3) is 0 Å². The van der Waals surface area contributed by atoms with Gasteiger partial charge in [0.2, 0.25) is 0 Å². The number of hydrogen-bond donors (Lipinski definition) is 1. The van der Waals surface area contributed by atoms with Crippen molar-refractivity contribution in [1.29, 1.82) is 0 Å². The molecule has 0 radical (unpaired) electrons. The first kappa shape index (κ1) is 8.93. The smallest absolute Gasteiger partial charge is 0.101 e. The normalized spacial score (nSPS) is 22.4. The van der Waals surface area contributed by atoms with Gasteiger partial charge in [-0.25, -0.2) is 0 Å². The fraction of sp³-hybridized carbons (Fsp3) is 1.00. The van der Waals surface area contributed by atoms with Gasteiger partial charge in [-0.1, -0.05) is 0 Å². The average molecular weight is 159 g/mol. The SMILES string of the molecule is CN1CCN(COCN)CC1. The van der Waals surface area contributed by atoms with Crippen LogP contribution in [0, 0.1) is 0 Å². The van der Waals surface area contributed by atoms with Crippen LogP contribution in [-0.2, 0) is 4.74 Å². The van der Waals surface area contributed by atoms with E-state index >= 15 is 0 Å². The van der Waals surface area contributed by atoms with Crippen LogP contribution in [0.2, 0.25) is 0 Å². The van der Waals surface area contributed by atoms with E-state index < -0.39 is 0 Å². The summed E-state index contributed by atoms with van der Waals surface area (Å²) in [6.07, 6.45) is 0. The number of likely N-dealkylation sites (N-methyl/N-ethyl adjacent to an activating group) is 1. The van der Waals surface area contributed by atoms with Gasteiger partial charge in [-0.2, -0.15) is 0 Å². The van der Waals surface area contributed by atoms with Crippen LogP contribution in [0.25, 0.3) is 0 Å². The molecule has 0 aromatic heterocycles. The maximum absolute atomic E-state index is 5.21. The van der Waals surface area contributed by atoms with Crippen molar-refractivity contribution in [3.05, 3.63) is 0 Å². The van der Waals surface area contributed by atoms with Crippen molar-refractivity contribution in [2.75, 3.05) is 46.7 Å². The summed E-state index contributed by atoms with van der Waals surface area (Å²) in [5.74, 6) is 0. The van der Waals surface area contributed by atoms with Crippen LogP contribution in [0.5, 0.6) is 0 Å². The molecule has 0 aromatic carbocycles. The summed E-state index contributed by atoms with van der Waals surface area (Å²) in [7, 11) is 2.14. The van der Waals surface area contributed by atoms with E-state index in [1.54, 1.807) is 0 Å². The minimum atomic E-state index is 0.326. The highest BCUT2D eigenvalue weighted by molar-refractivity contribution is 4.66. The third-order valence-electron chi connectivity index (χ3n) is 1.99. The average Bonchev–Trinajstić information content (AvgIpc) is 2.04. The minimum absolute atomic E-state index is 0.326.